The molecule has 0 unspecified atom stereocenters. The molecule has 0 radical (unpaired) electrons. The van der Waals surface area contributed by atoms with E-state index in [1.54, 1.807) is 12.1 Å². The van der Waals surface area contributed by atoms with Crippen LogP contribution >= 0.6 is 0 Å². The summed E-state index contributed by atoms with van der Waals surface area (Å²) in [6.07, 6.45) is 0.208. The van der Waals surface area contributed by atoms with Crippen LogP contribution in [0.5, 0.6) is 0 Å². The second-order valence-electron chi connectivity index (χ2n) is 4.23. The lowest BCUT2D eigenvalue weighted by Crippen LogP contribution is -2.15. The second-order valence-corrected chi connectivity index (χ2v) is 4.23. The standard InChI is InChI=1S/C15H15FN2O/c16-13-3-1-2-4-14(13)18-15(19)9-11-5-7-12(10-17)8-6-11/h1-8H,9-10,17H2,(H,18,19). The molecule has 2 aromatic carbocycles. The monoisotopic (exact) mass is 258 g/mol. The first-order valence-electron chi connectivity index (χ1n) is 6.01. The molecule has 0 spiro atoms. The number of carbonyl (C=O) groups excluding carboxylic acids is 1. The molecular formula is C15H15FN2O. The average Bonchev–Trinajstić information content (AvgIpc) is 2.42. The van der Waals surface area contributed by atoms with E-state index < -0.39 is 5.82 Å². The van der Waals surface area contributed by atoms with E-state index in [2.05, 4.69) is 5.32 Å². The molecule has 0 fully saturated rings. The third kappa shape index (κ3) is 3.63. The van der Waals surface area contributed by atoms with E-state index in [4.69, 9.17) is 5.73 Å². The Labute approximate surface area is 111 Å². The average molecular weight is 258 g/mol. The minimum Gasteiger partial charge on any atom is -0.326 e. The topological polar surface area (TPSA) is 55.1 Å². The molecule has 3 N–H and O–H groups in total. The molecule has 19 heavy (non-hydrogen) atoms. The highest BCUT2D eigenvalue weighted by Crippen LogP contribution is 2.13. The molecular weight excluding hydrogens is 243 g/mol. The molecule has 2 aromatic rings. The van der Waals surface area contributed by atoms with Crippen molar-refractivity contribution < 1.29 is 9.18 Å². The number of anilines is 1. The van der Waals surface area contributed by atoms with Gasteiger partial charge in [0.1, 0.15) is 5.82 Å². The van der Waals surface area contributed by atoms with E-state index in [1.165, 1.54) is 12.1 Å². The number of carbonyl (C=O) groups is 1. The zero-order chi connectivity index (χ0) is 13.7. The Bertz CT molecular complexity index is 567. The second kappa shape index (κ2) is 6.11. The van der Waals surface area contributed by atoms with Crippen molar-refractivity contribution in [2.45, 2.75) is 13.0 Å². The van der Waals surface area contributed by atoms with Crippen LogP contribution in [-0.4, -0.2) is 5.91 Å². The maximum Gasteiger partial charge on any atom is 0.228 e. The highest BCUT2D eigenvalue weighted by Gasteiger charge is 2.07. The van der Waals surface area contributed by atoms with Crippen LogP contribution in [0.4, 0.5) is 10.1 Å². The van der Waals surface area contributed by atoms with Crippen molar-refractivity contribution >= 4 is 11.6 Å². The Morgan fingerprint density at radius 2 is 1.68 bits per heavy atom. The Morgan fingerprint density at radius 1 is 1.05 bits per heavy atom. The summed E-state index contributed by atoms with van der Waals surface area (Å²) in [5.41, 5.74) is 7.58. The first-order chi connectivity index (χ1) is 9.19. The van der Waals surface area contributed by atoms with E-state index in [0.29, 0.717) is 6.54 Å². The molecule has 4 heteroatoms. The minimum atomic E-state index is -0.436. The number of benzene rings is 2. The number of hydrogen-bond donors (Lipinski definition) is 2. The third-order valence-electron chi connectivity index (χ3n) is 2.77. The van der Waals surface area contributed by atoms with Gasteiger partial charge < -0.3 is 11.1 Å². The van der Waals surface area contributed by atoms with Gasteiger partial charge in [-0.15, -0.1) is 0 Å². The van der Waals surface area contributed by atoms with Crippen molar-refractivity contribution in [3.8, 4) is 0 Å². The molecule has 0 saturated carbocycles. The number of nitrogens with one attached hydrogen (secondary N) is 1. The lowest BCUT2D eigenvalue weighted by molar-refractivity contribution is -0.115. The molecule has 3 nitrogen and oxygen atoms in total. The lowest BCUT2D eigenvalue weighted by Gasteiger charge is -2.06. The molecule has 0 aliphatic carbocycles. The lowest BCUT2D eigenvalue weighted by atomic mass is 10.1. The Morgan fingerprint density at radius 3 is 2.32 bits per heavy atom. The molecule has 0 atom stereocenters. The van der Waals surface area contributed by atoms with Crippen molar-refractivity contribution in [1.29, 1.82) is 0 Å². The van der Waals surface area contributed by atoms with Crippen molar-refractivity contribution in [2.75, 3.05) is 5.32 Å². The van der Waals surface area contributed by atoms with Gasteiger partial charge in [-0.3, -0.25) is 4.79 Å². The van der Waals surface area contributed by atoms with Gasteiger partial charge in [0.15, 0.2) is 0 Å². The fraction of sp³-hybridized carbons (Fsp3) is 0.133. The summed E-state index contributed by atoms with van der Waals surface area (Å²) in [6.45, 7) is 0.474. The van der Waals surface area contributed by atoms with Crippen LogP contribution in [0.3, 0.4) is 0 Å². The number of halogens is 1. The zero-order valence-corrected chi connectivity index (χ0v) is 10.4. The van der Waals surface area contributed by atoms with Crippen LogP contribution in [-0.2, 0) is 17.8 Å². The van der Waals surface area contributed by atoms with Crippen LogP contribution in [0.1, 0.15) is 11.1 Å². The SMILES string of the molecule is NCc1ccc(CC(=O)Nc2ccccc2F)cc1. The first-order valence-corrected chi connectivity index (χ1v) is 6.01. The number of amides is 1. The van der Waals surface area contributed by atoms with E-state index in [9.17, 15) is 9.18 Å². The van der Waals surface area contributed by atoms with E-state index >= 15 is 0 Å². The fourth-order valence-electron chi connectivity index (χ4n) is 1.74. The van der Waals surface area contributed by atoms with Gasteiger partial charge in [0.25, 0.3) is 0 Å². The van der Waals surface area contributed by atoms with Crippen molar-refractivity contribution in [1.82, 2.24) is 0 Å². The summed E-state index contributed by atoms with van der Waals surface area (Å²) in [5.74, 6) is -0.681. The molecule has 98 valence electrons. The maximum absolute atomic E-state index is 13.4. The summed E-state index contributed by atoms with van der Waals surface area (Å²) in [4.78, 5) is 11.8. The predicted octanol–water partition coefficient (Wildman–Crippen LogP) is 2.47. The third-order valence-corrected chi connectivity index (χ3v) is 2.77. The van der Waals surface area contributed by atoms with Crippen molar-refractivity contribution in [2.24, 2.45) is 5.73 Å². The zero-order valence-electron chi connectivity index (χ0n) is 10.4. The molecule has 0 aliphatic heterocycles. The van der Waals surface area contributed by atoms with Gasteiger partial charge in [-0.05, 0) is 23.3 Å². The highest BCUT2D eigenvalue weighted by atomic mass is 19.1. The number of rotatable bonds is 4. The molecule has 0 bridgehead atoms. The summed E-state index contributed by atoms with van der Waals surface area (Å²) in [6, 6.07) is 13.6. The van der Waals surface area contributed by atoms with Gasteiger partial charge in [0, 0.05) is 6.54 Å². The van der Waals surface area contributed by atoms with Gasteiger partial charge in [-0.1, -0.05) is 36.4 Å². The smallest absolute Gasteiger partial charge is 0.228 e. The molecule has 0 aliphatic rings. The molecule has 0 heterocycles. The van der Waals surface area contributed by atoms with E-state index in [0.717, 1.165) is 11.1 Å². The largest absolute Gasteiger partial charge is 0.326 e. The molecule has 0 saturated heterocycles. The van der Waals surface area contributed by atoms with Crippen LogP contribution in [0.15, 0.2) is 48.5 Å². The minimum absolute atomic E-state index is 0.200. The number of hydrogen-bond acceptors (Lipinski definition) is 2. The summed E-state index contributed by atoms with van der Waals surface area (Å²) in [5, 5.41) is 2.55. The van der Waals surface area contributed by atoms with Crippen LogP contribution in [0.2, 0.25) is 0 Å². The van der Waals surface area contributed by atoms with Crippen molar-refractivity contribution in [3.05, 3.63) is 65.5 Å². The summed E-state index contributed by atoms with van der Waals surface area (Å²) < 4.78 is 13.4. The maximum atomic E-state index is 13.4. The quantitative estimate of drug-likeness (QED) is 0.885. The Kier molecular flexibility index (Phi) is 4.26. The van der Waals surface area contributed by atoms with Crippen LogP contribution in [0, 0.1) is 5.82 Å². The van der Waals surface area contributed by atoms with Gasteiger partial charge >= 0.3 is 0 Å². The number of para-hydroxylation sites is 1. The number of nitrogens with two attached hydrogens (primary N) is 1. The molecule has 0 aromatic heterocycles. The van der Waals surface area contributed by atoms with Crippen LogP contribution < -0.4 is 11.1 Å². The fourth-order valence-corrected chi connectivity index (χ4v) is 1.74. The van der Waals surface area contributed by atoms with Gasteiger partial charge in [-0.2, -0.15) is 0 Å². The van der Waals surface area contributed by atoms with Crippen LogP contribution in [0.25, 0.3) is 0 Å². The highest BCUT2D eigenvalue weighted by molar-refractivity contribution is 5.92. The normalized spacial score (nSPS) is 10.2. The predicted molar refractivity (Wildman–Crippen MR) is 73.1 cm³/mol. The van der Waals surface area contributed by atoms with Gasteiger partial charge in [0.05, 0.1) is 12.1 Å². The van der Waals surface area contributed by atoms with E-state index in [1.807, 2.05) is 24.3 Å². The summed E-state index contributed by atoms with van der Waals surface area (Å²) in [7, 11) is 0. The van der Waals surface area contributed by atoms with E-state index in [-0.39, 0.29) is 18.0 Å². The Balaban J connectivity index is 1.99. The van der Waals surface area contributed by atoms with Gasteiger partial charge in [0.2, 0.25) is 5.91 Å². The molecule has 2 rings (SSSR count). The Hall–Kier alpha value is -2.20. The van der Waals surface area contributed by atoms with Crippen molar-refractivity contribution in [3.63, 3.8) is 0 Å². The summed E-state index contributed by atoms with van der Waals surface area (Å²) >= 11 is 0. The van der Waals surface area contributed by atoms with Gasteiger partial charge in [-0.25, -0.2) is 4.39 Å². The molecule has 1 amide bonds. The first kappa shape index (κ1) is 13.2.